The van der Waals surface area contributed by atoms with Crippen LogP contribution in [0.25, 0.3) is 11.4 Å². The van der Waals surface area contributed by atoms with Crippen LogP contribution in [-0.4, -0.2) is 89.3 Å². The first-order chi connectivity index (χ1) is 25.1. The van der Waals surface area contributed by atoms with Crippen molar-refractivity contribution in [1.29, 1.82) is 0 Å². The van der Waals surface area contributed by atoms with Crippen LogP contribution in [0.3, 0.4) is 0 Å². The fraction of sp³-hybridized carbons (Fsp3) is 0.485. The average molecular weight is 730 g/mol. The van der Waals surface area contributed by atoms with E-state index in [4.69, 9.17) is 7.48 Å². The number of allylic oxidation sites excluding steroid dienone is 1. The lowest BCUT2D eigenvalue weighted by Gasteiger charge is -2.54. The highest BCUT2D eigenvalue weighted by atomic mass is 32.1. The summed E-state index contributed by atoms with van der Waals surface area (Å²) in [5, 5.41) is 18.7. The van der Waals surface area contributed by atoms with Gasteiger partial charge in [0, 0.05) is 31.1 Å². The van der Waals surface area contributed by atoms with Crippen LogP contribution in [0.5, 0.6) is 5.75 Å². The van der Waals surface area contributed by atoms with Crippen molar-refractivity contribution in [3.63, 3.8) is 0 Å². The molecule has 1 saturated heterocycles. The number of thiophene rings is 1. The lowest BCUT2D eigenvalue weighted by Crippen LogP contribution is -2.67. The van der Waals surface area contributed by atoms with Crippen molar-refractivity contribution in [1.82, 2.24) is 34.0 Å². The Bertz CT molecular complexity index is 2220. The standard InChI is InChI=1S/C33H36F3N9O5S/c1-4-21-26(42-10-11-43(23-8-7-22(23)42)30(48)25-27(47)18(3)37-16-38-25)31(49)45-32(40-28(41-45)19-6-5-12-50-13-9-19)44(21)14-24(46)39-29-17(2)20(15-51-29)33(34,35)36/h9,15-16,22-23,47H,4-8,10-14H2,1-3H3,(H,39,46)/t22-,23-/m0/s1/i12D2. The molecule has 2 N–H and O–H groups in total. The molecule has 0 aromatic carbocycles. The van der Waals surface area contributed by atoms with Crippen LogP contribution in [0.15, 0.2) is 22.6 Å². The van der Waals surface area contributed by atoms with E-state index in [0.717, 1.165) is 21.2 Å². The first kappa shape index (κ1) is 32.1. The molecule has 2 atom stereocenters. The number of aromatic hydroxyl groups is 1. The third-order valence-electron chi connectivity index (χ3n) is 9.70. The fourth-order valence-corrected chi connectivity index (χ4v) is 7.96. The maximum atomic E-state index is 14.5. The number of aryl methyl sites for hydroxylation is 1. The average Bonchev–Trinajstić information content (AvgIpc) is 3.64. The number of halogens is 3. The maximum Gasteiger partial charge on any atom is 0.417 e. The number of hydrogen-bond acceptors (Lipinski definition) is 11. The van der Waals surface area contributed by atoms with Crippen molar-refractivity contribution >= 4 is 45.2 Å². The zero-order chi connectivity index (χ0) is 38.0. The van der Waals surface area contributed by atoms with Crippen molar-refractivity contribution in [2.45, 2.75) is 77.7 Å². The molecule has 0 bridgehead atoms. The molecule has 7 rings (SSSR count). The number of aromatic nitrogens is 6. The normalized spacial score (nSPS) is 20.9. The second-order valence-electron chi connectivity index (χ2n) is 12.6. The van der Waals surface area contributed by atoms with Crippen molar-refractivity contribution in [2.24, 2.45) is 0 Å². The molecule has 14 nitrogen and oxygen atoms in total. The van der Waals surface area contributed by atoms with Gasteiger partial charge in [-0.25, -0.2) is 9.97 Å². The van der Waals surface area contributed by atoms with Gasteiger partial charge in [0.25, 0.3) is 11.5 Å². The number of amides is 2. The Morgan fingerprint density at radius 2 is 1.98 bits per heavy atom. The minimum absolute atomic E-state index is 0.0188. The third-order valence-corrected chi connectivity index (χ3v) is 10.7. The first-order valence-electron chi connectivity index (χ1n) is 17.5. The zero-order valence-corrected chi connectivity index (χ0v) is 28.8. The highest BCUT2D eigenvalue weighted by Gasteiger charge is 2.47. The topological polar surface area (TPSA) is 160 Å². The van der Waals surface area contributed by atoms with E-state index in [1.54, 1.807) is 17.9 Å². The Labute approximate surface area is 296 Å². The molecular formula is C33H36F3N9O5S. The number of fused-ring (bicyclic) bond motifs is 2. The number of ether oxygens (including phenoxy) is 1. The van der Waals surface area contributed by atoms with E-state index in [1.165, 1.54) is 17.8 Å². The monoisotopic (exact) mass is 729 g/mol. The number of anilines is 2. The van der Waals surface area contributed by atoms with Crippen molar-refractivity contribution in [3.05, 3.63) is 62.2 Å². The number of piperazine rings is 1. The first-order valence-corrected chi connectivity index (χ1v) is 17.4. The summed E-state index contributed by atoms with van der Waals surface area (Å²) in [6.45, 7) is 2.75. The fourth-order valence-electron chi connectivity index (χ4n) is 6.96. The highest BCUT2D eigenvalue weighted by molar-refractivity contribution is 7.14. The van der Waals surface area contributed by atoms with Crippen LogP contribution < -0.4 is 15.8 Å². The van der Waals surface area contributed by atoms with Gasteiger partial charge in [0.05, 0.1) is 37.3 Å². The summed E-state index contributed by atoms with van der Waals surface area (Å²) < 4.78 is 64.5. The van der Waals surface area contributed by atoms with Crippen LogP contribution in [0, 0.1) is 13.8 Å². The van der Waals surface area contributed by atoms with Gasteiger partial charge >= 0.3 is 6.18 Å². The Balaban J connectivity index is 1.28. The lowest BCUT2D eigenvalue weighted by molar-refractivity contribution is -0.137. The minimum atomic E-state index is -4.59. The maximum absolute atomic E-state index is 14.5. The van der Waals surface area contributed by atoms with E-state index >= 15 is 0 Å². The predicted molar refractivity (Wildman–Crippen MR) is 181 cm³/mol. The van der Waals surface area contributed by atoms with Gasteiger partial charge in [-0.2, -0.15) is 22.7 Å². The molecule has 270 valence electrons. The summed E-state index contributed by atoms with van der Waals surface area (Å²) in [4.78, 5) is 58.0. The quantitative estimate of drug-likeness (QED) is 0.285. The minimum Gasteiger partial charge on any atom is -0.504 e. The van der Waals surface area contributed by atoms with E-state index in [-0.39, 0.29) is 96.0 Å². The highest BCUT2D eigenvalue weighted by Crippen LogP contribution is 2.40. The van der Waals surface area contributed by atoms with E-state index in [2.05, 4.69) is 25.4 Å². The second kappa shape index (κ2) is 13.4. The Morgan fingerprint density at radius 1 is 1.20 bits per heavy atom. The Morgan fingerprint density at radius 3 is 2.69 bits per heavy atom. The molecule has 18 heteroatoms. The Kier molecular flexibility index (Phi) is 8.41. The van der Waals surface area contributed by atoms with Crippen molar-refractivity contribution in [3.8, 4) is 5.75 Å². The van der Waals surface area contributed by atoms with Crippen LogP contribution in [0.1, 0.15) is 74.2 Å². The van der Waals surface area contributed by atoms with Crippen LogP contribution in [0.2, 0.25) is 0 Å². The number of hydrogen-bond donors (Lipinski definition) is 2. The van der Waals surface area contributed by atoms with Gasteiger partial charge in [0.2, 0.25) is 11.7 Å². The molecule has 3 aliphatic rings. The van der Waals surface area contributed by atoms with E-state index in [0.29, 0.717) is 24.1 Å². The molecule has 6 heterocycles. The summed E-state index contributed by atoms with van der Waals surface area (Å²) in [7, 11) is 0. The van der Waals surface area contributed by atoms with Gasteiger partial charge in [-0.15, -0.1) is 16.4 Å². The van der Waals surface area contributed by atoms with Crippen LogP contribution in [0.4, 0.5) is 23.9 Å². The Hall–Kier alpha value is -4.84. The smallest absolute Gasteiger partial charge is 0.417 e. The summed E-state index contributed by atoms with van der Waals surface area (Å²) in [5.41, 5.74) is -0.0494. The van der Waals surface area contributed by atoms with Crippen LogP contribution >= 0.6 is 11.3 Å². The van der Waals surface area contributed by atoms with Gasteiger partial charge in [-0.05, 0) is 57.1 Å². The zero-order valence-electron chi connectivity index (χ0n) is 30.0. The summed E-state index contributed by atoms with van der Waals surface area (Å²) in [6.07, 6.45) is 0.0402. The molecule has 2 amide bonds. The van der Waals surface area contributed by atoms with Crippen molar-refractivity contribution in [2.75, 3.05) is 36.5 Å². The number of nitrogens with zero attached hydrogens (tertiary/aromatic N) is 8. The summed E-state index contributed by atoms with van der Waals surface area (Å²) in [6, 6.07) is -0.610. The number of rotatable bonds is 7. The molecule has 4 aromatic rings. The molecule has 0 unspecified atom stereocenters. The molecule has 2 aliphatic heterocycles. The molecule has 0 radical (unpaired) electrons. The van der Waals surface area contributed by atoms with Crippen LogP contribution in [-0.2, 0) is 28.7 Å². The third kappa shape index (κ3) is 6.13. The number of carbonyl (C=O) groups excluding carboxylic acids is 2. The molecule has 4 aromatic heterocycles. The molecule has 1 aliphatic carbocycles. The molecule has 51 heavy (non-hydrogen) atoms. The van der Waals surface area contributed by atoms with Gasteiger partial charge in [0.15, 0.2) is 17.3 Å². The molecular weight excluding hydrogens is 691 g/mol. The molecule has 0 spiro atoms. The number of carbonyl (C=O) groups is 2. The van der Waals surface area contributed by atoms with Gasteiger partial charge in [0.1, 0.15) is 18.6 Å². The van der Waals surface area contributed by atoms with Crippen molar-refractivity contribution < 1.29 is 35.3 Å². The number of alkyl halides is 3. The second-order valence-corrected chi connectivity index (χ2v) is 13.5. The SMILES string of the molecule is [2H]C1([2H])CCC(c2nc3n(CC(=O)Nc4scc(C(F)(F)F)c4C)c(CC)c(N4CCN(C(=O)c5ncnc(C)c5O)[C@H]5CC[C@@H]54)c(=O)n3n2)=CCO1. The van der Waals surface area contributed by atoms with Gasteiger partial charge < -0.3 is 29.5 Å². The molecule has 1 saturated carbocycles. The molecule has 2 fully saturated rings. The van der Waals surface area contributed by atoms with Gasteiger partial charge in [-0.1, -0.05) is 13.0 Å². The lowest BCUT2D eigenvalue weighted by atomic mass is 9.81. The summed E-state index contributed by atoms with van der Waals surface area (Å²) >= 11 is 0.761. The van der Waals surface area contributed by atoms with E-state index in [1.807, 2.05) is 11.8 Å². The summed E-state index contributed by atoms with van der Waals surface area (Å²) in [5.74, 6) is -1.21. The number of nitrogens with one attached hydrogen (secondary N) is 1. The van der Waals surface area contributed by atoms with Gasteiger partial charge in [-0.3, -0.25) is 14.4 Å². The van der Waals surface area contributed by atoms with E-state index in [9.17, 15) is 32.7 Å². The predicted octanol–water partition coefficient (Wildman–Crippen LogP) is 3.97. The largest absolute Gasteiger partial charge is 0.504 e. The van der Waals surface area contributed by atoms with E-state index < -0.39 is 42.2 Å².